The molecule has 0 saturated carbocycles. The molecule has 0 aliphatic carbocycles. The molecule has 0 aliphatic rings. The Labute approximate surface area is 167 Å². The number of hydrogen-bond acceptors (Lipinski definition) is 4. The molecule has 2 N–H and O–H groups in total. The molecule has 10 heteroatoms. The molecule has 0 atom stereocenters. The Bertz CT molecular complexity index is 1240. The van der Waals surface area contributed by atoms with Crippen molar-refractivity contribution in [3.05, 3.63) is 83.9 Å². The van der Waals surface area contributed by atoms with Crippen LogP contribution in [0.2, 0.25) is 0 Å². The van der Waals surface area contributed by atoms with E-state index in [9.17, 15) is 25.6 Å². The van der Waals surface area contributed by atoms with E-state index in [1.807, 2.05) is 6.92 Å². The summed E-state index contributed by atoms with van der Waals surface area (Å²) in [5, 5.41) is 0. The zero-order valence-electron chi connectivity index (χ0n) is 15.1. The number of halogens is 2. The van der Waals surface area contributed by atoms with E-state index in [1.165, 1.54) is 36.4 Å². The van der Waals surface area contributed by atoms with Gasteiger partial charge in [-0.05, 0) is 61.5 Å². The van der Waals surface area contributed by atoms with Gasteiger partial charge in [0.15, 0.2) is 0 Å². The molecule has 0 unspecified atom stereocenters. The highest BCUT2D eigenvalue weighted by molar-refractivity contribution is 7.93. The first-order valence-corrected chi connectivity index (χ1v) is 11.2. The van der Waals surface area contributed by atoms with Crippen molar-refractivity contribution < 1.29 is 25.6 Å². The van der Waals surface area contributed by atoms with E-state index in [-0.39, 0.29) is 16.3 Å². The summed E-state index contributed by atoms with van der Waals surface area (Å²) >= 11 is 0. The van der Waals surface area contributed by atoms with Gasteiger partial charge < -0.3 is 0 Å². The zero-order chi connectivity index (χ0) is 21.2. The van der Waals surface area contributed by atoms with E-state index in [2.05, 4.69) is 9.44 Å². The van der Waals surface area contributed by atoms with Crippen molar-refractivity contribution in [3.63, 3.8) is 0 Å². The Morgan fingerprint density at radius 1 is 0.690 bits per heavy atom. The van der Waals surface area contributed by atoms with Gasteiger partial charge in [-0.15, -0.1) is 0 Å². The van der Waals surface area contributed by atoms with E-state index < -0.39 is 36.6 Å². The molecule has 29 heavy (non-hydrogen) atoms. The third-order valence-electron chi connectivity index (χ3n) is 3.90. The van der Waals surface area contributed by atoms with Gasteiger partial charge in [-0.2, -0.15) is 0 Å². The van der Waals surface area contributed by atoms with Crippen molar-refractivity contribution in [2.75, 3.05) is 9.44 Å². The topological polar surface area (TPSA) is 92.3 Å². The van der Waals surface area contributed by atoms with Crippen LogP contribution in [-0.2, 0) is 20.0 Å². The van der Waals surface area contributed by atoms with Crippen LogP contribution in [0, 0.1) is 18.6 Å². The molecule has 0 fully saturated rings. The van der Waals surface area contributed by atoms with E-state index in [1.54, 1.807) is 12.1 Å². The number of sulfonamides is 2. The Hall–Kier alpha value is -2.98. The minimum absolute atomic E-state index is 0.0481. The first-order chi connectivity index (χ1) is 13.6. The van der Waals surface area contributed by atoms with Crippen molar-refractivity contribution in [3.8, 4) is 0 Å². The maximum Gasteiger partial charge on any atom is 0.264 e. The number of anilines is 2. The van der Waals surface area contributed by atoms with Crippen LogP contribution < -0.4 is 9.44 Å². The SMILES string of the molecule is Cc1ccc(S(=O)(=O)Nc2ccc(NS(=O)(=O)c3cc(F)ccc3F)cc2)cc1. The summed E-state index contributed by atoms with van der Waals surface area (Å²) in [5.41, 5.74) is 1.16. The standard InChI is InChI=1S/C19H16F2N2O4S2/c1-13-2-9-17(10-3-13)28(24,25)22-15-5-7-16(8-6-15)23-29(26,27)19-12-14(20)4-11-18(19)21/h2-12,22-23H,1H3. The van der Waals surface area contributed by atoms with Crippen molar-refractivity contribution >= 4 is 31.4 Å². The fourth-order valence-electron chi connectivity index (χ4n) is 2.43. The number of nitrogens with one attached hydrogen (secondary N) is 2. The highest BCUT2D eigenvalue weighted by Crippen LogP contribution is 2.22. The third kappa shape index (κ3) is 4.90. The lowest BCUT2D eigenvalue weighted by Gasteiger charge is -2.11. The van der Waals surface area contributed by atoms with Gasteiger partial charge in [-0.25, -0.2) is 25.6 Å². The van der Waals surface area contributed by atoms with Crippen molar-refractivity contribution in [2.24, 2.45) is 0 Å². The predicted octanol–water partition coefficient (Wildman–Crippen LogP) is 3.87. The van der Waals surface area contributed by atoms with Crippen LogP contribution in [0.4, 0.5) is 20.2 Å². The smallest absolute Gasteiger partial charge is 0.264 e. The second-order valence-electron chi connectivity index (χ2n) is 6.18. The molecule has 152 valence electrons. The molecule has 0 bridgehead atoms. The number of benzene rings is 3. The van der Waals surface area contributed by atoms with Gasteiger partial charge in [0, 0.05) is 11.4 Å². The number of hydrogen-bond donors (Lipinski definition) is 2. The van der Waals surface area contributed by atoms with Gasteiger partial charge in [0.1, 0.15) is 16.5 Å². The molecule has 3 aromatic carbocycles. The zero-order valence-corrected chi connectivity index (χ0v) is 16.7. The van der Waals surface area contributed by atoms with Crippen LogP contribution >= 0.6 is 0 Å². The molecular weight excluding hydrogens is 422 g/mol. The van der Waals surface area contributed by atoms with Gasteiger partial charge in [-0.3, -0.25) is 9.44 Å². The van der Waals surface area contributed by atoms with Crippen LogP contribution in [0.25, 0.3) is 0 Å². The summed E-state index contributed by atoms with van der Waals surface area (Å²) in [7, 11) is -8.18. The fourth-order valence-corrected chi connectivity index (χ4v) is 4.64. The summed E-state index contributed by atoms with van der Waals surface area (Å²) in [6.07, 6.45) is 0. The van der Waals surface area contributed by atoms with Crippen LogP contribution in [0.5, 0.6) is 0 Å². The molecule has 3 rings (SSSR count). The van der Waals surface area contributed by atoms with Gasteiger partial charge in [0.25, 0.3) is 20.0 Å². The van der Waals surface area contributed by atoms with Crippen molar-refractivity contribution in [1.29, 1.82) is 0 Å². The molecule has 6 nitrogen and oxygen atoms in total. The molecule has 0 saturated heterocycles. The Balaban J connectivity index is 1.78. The van der Waals surface area contributed by atoms with E-state index in [0.717, 1.165) is 11.6 Å². The van der Waals surface area contributed by atoms with Crippen LogP contribution in [-0.4, -0.2) is 16.8 Å². The lowest BCUT2D eigenvalue weighted by Crippen LogP contribution is -2.15. The van der Waals surface area contributed by atoms with Crippen molar-refractivity contribution in [1.82, 2.24) is 0 Å². The Morgan fingerprint density at radius 3 is 1.76 bits per heavy atom. The maximum atomic E-state index is 13.7. The first kappa shape index (κ1) is 20.7. The van der Waals surface area contributed by atoms with Gasteiger partial charge >= 0.3 is 0 Å². The van der Waals surface area contributed by atoms with E-state index in [4.69, 9.17) is 0 Å². The highest BCUT2D eigenvalue weighted by atomic mass is 32.2. The average molecular weight is 438 g/mol. The summed E-state index contributed by atoms with van der Waals surface area (Å²) in [6, 6.07) is 13.6. The van der Waals surface area contributed by atoms with Crippen LogP contribution in [0.3, 0.4) is 0 Å². The number of aryl methyl sites for hydroxylation is 1. The monoisotopic (exact) mass is 438 g/mol. The average Bonchev–Trinajstić information content (AvgIpc) is 2.65. The molecular formula is C19H16F2N2O4S2. The summed E-state index contributed by atoms with van der Waals surface area (Å²) < 4.78 is 80.8. The summed E-state index contributed by atoms with van der Waals surface area (Å²) in [4.78, 5) is -0.754. The maximum absolute atomic E-state index is 13.7. The second kappa shape index (κ2) is 7.80. The lowest BCUT2D eigenvalue weighted by molar-refractivity contribution is 0.555. The highest BCUT2D eigenvalue weighted by Gasteiger charge is 2.20. The van der Waals surface area contributed by atoms with E-state index >= 15 is 0 Å². The van der Waals surface area contributed by atoms with Gasteiger partial charge in [-0.1, -0.05) is 17.7 Å². The van der Waals surface area contributed by atoms with Crippen molar-refractivity contribution in [2.45, 2.75) is 16.7 Å². The third-order valence-corrected chi connectivity index (χ3v) is 6.70. The fraction of sp³-hybridized carbons (Fsp3) is 0.0526. The minimum atomic E-state index is -4.37. The predicted molar refractivity (Wildman–Crippen MR) is 106 cm³/mol. The van der Waals surface area contributed by atoms with Crippen LogP contribution in [0.15, 0.2) is 76.5 Å². The molecule has 0 aromatic heterocycles. The molecule has 0 spiro atoms. The molecule has 0 amide bonds. The molecule has 0 radical (unpaired) electrons. The van der Waals surface area contributed by atoms with E-state index in [0.29, 0.717) is 12.1 Å². The number of rotatable bonds is 6. The van der Waals surface area contributed by atoms with Gasteiger partial charge in [0.05, 0.1) is 4.90 Å². The quantitative estimate of drug-likeness (QED) is 0.611. The second-order valence-corrected chi connectivity index (χ2v) is 9.51. The molecule has 0 aliphatic heterocycles. The lowest BCUT2D eigenvalue weighted by atomic mass is 10.2. The van der Waals surface area contributed by atoms with Crippen LogP contribution in [0.1, 0.15) is 5.56 Å². The normalized spacial score (nSPS) is 11.8. The summed E-state index contributed by atoms with van der Waals surface area (Å²) in [6.45, 7) is 1.83. The summed E-state index contributed by atoms with van der Waals surface area (Å²) in [5.74, 6) is -1.99. The first-order valence-electron chi connectivity index (χ1n) is 8.24. The molecule has 0 heterocycles. The largest absolute Gasteiger partial charge is 0.280 e. The Morgan fingerprint density at radius 2 is 1.21 bits per heavy atom. The molecule has 3 aromatic rings. The van der Waals surface area contributed by atoms with Gasteiger partial charge in [0.2, 0.25) is 0 Å². The minimum Gasteiger partial charge on any atom is -0.280 e. The Kier molecular flexibility index (Phi) is 5.58.